The number of aromatic nitrogens is 2. The number of aryl methyl sites for hydroxylation is 1. The molecule has 2 N–H and O–H groups in total. The van der Waals surface area contributed by atoms with Crippen LogP contribution >= 0.6 is 0 Å². The maximum atomic E-state index is 12.0. The average Bonchev–Trinajstić information content (AvgIpc) is 2.55. The Balaban J connectivity index is 1.96. The Bertz CT molecular complexity index is 927. The predicted octanol–water partition coefficient (Wildman–Crippen LogP) is 2.64. The minimum Gasteiger partial charge on any atom is -0.350 e. The van der Waals surface area contributed by atoms with E-state index in [1.807, 2.05) is 61.5 Å². The van der Waals surface area contributed by atoms with E-state index in [4.69, 9.17) is 0 Å². The summed E-state index contributed by atoms with van der Waals surface area (Å²) in [6.07, 6.45) is 1.56. The number of nitrogens with zero attached hydrogens (tertiary/aromatic N) is 1. The highest BCUT2D eigenvalue weighted by Crippen LogP contribution is 2.12. The second-order valence-electron chi connectivity index (χ2n) is 5.35. The molecule has 0 bridgehead atoms. The van der Waals surface area contributed by atoms with E-state index in [1.54, 1.807) is 6.20 Å². The Hall–Kier alpha value is -3.08. The van der Waals surface area contributed by atoms with E-state index in [1.165, 1.54) is 4.57 Å². The fourth-order valence-electron chi connectivity index (χ4n) is 2.36. The van der Waals surface area contributed by atoms with Crippen molar-refractivity contribution in [2.24, 2.45) is 0 Å². The molecule has 0 atom stereocenters. The second kappa shape index (κ2) is 6.36. The molecular formula is C18H17N3O2. The van der Waals surface area contributed by atoms with Crippen LogP contribution in [0.5, 0.6) is 0 Å². The van der Waals surface area contributed by atoms with Gasteiger partial charge in [0.1, 0.15) is 5.69 Å². The van der Waals surface area contributed by atoms with Crippen LogP contribution < -0.4 is 16.6 Å². The maximum Gasteiger partial charge on any atom is 0.328 e. The van der Waals surface area contributed by atoms with Gasteiger partial charge in [0.05, 0.1) is 6.54 Å². The number of rotatable bonds is 4. The first-order valence-electron chi connectivity index (χ1n) is 7.34. The van der Waals surface area contributed by atoms with Crippen LogP contribution in [0.4, 0.5) is 11.4 Å². The minimum atomic E-state index is -0.431. The normalized spacial score (nSPS) is 10.5. The van der Waals surface area contributed by atoms with E-state index >= 15 is 0 Å². The first-order valence-corrected chi connectivity index (χ1v) is 7.34. The summed E-state index contributed by atoms with van der Waals surface area (Å²) in [4.78, 5) is 26.4. The van der Waals surface area contributed by atoms with Gasteiger partial charge in [-0.1, -0.05) is 42.5 Å². The Morgan fingerprint density at radius 3 is 2.43 bits per heavy atom. The van der Waals surface area contributed by atoms with Gasteiger partial charge in [0, 0.05) is 11.9 Å². The summed E-state index contributed by atoms with van der Waals surface area (Å²) in [6.45, 7) is 2.40. The monoisotopic (exact) mass is 307 g/mol. The van der Waals surface area contributed by atoms with Crippen LogP contribution in [0.1, 0.15) is 11.1 Å². The molecule has 1 heterocycles. The quantitative estimate of drug-likeness (QED) is 0.778. The van der Waals surface area contributed by atoms with Crippen LogP contribution in [0.15, 0.2) is 70.4 Å². The Morgan fingerprint density at radius 2 is 1.70 bits per heavy atom. The zero-order valence-electron chi connectivity index (χ0n) is 12.7. The van der Waals surface area contributed by atoms with Crippen LogP contribution in [0.2, 0.25) is 0 Å². The molecule has 0 radical (unpaired) electrons. The van der Waals surface area contributed by atoms with E-state index in [0.29, 0.717) is 12.2 Å². The van der Waals surface area contributed by atoms with Crippen molar-refractivity contribution in [3.05, 3.63) is 92.8 Å². The number of para-hydroxylation sites is 1. The van der Waals surface area contributed by atoms with Gasteiger partial charge < -0.3 is 5.32 Å². The lowest BCUT2D eigenvalue weighted by Gasteiger charge is -2.11. The standard InChI is InChI=1S/C18H17N3O2/c1-13-7-5-6-8-14(13)11-21-12-16(17(22)20-18(21)23)19-15-9-3-2-4-10-15/h2-10,12,19H,11H2,1H3,(H,20,22,23). The third kappa shape index (κ3) is 3.40. The van der Waals surface area contributed by atoms with Crippen molar-refractivity contribution in [3.63, 3.8) is 0 Å². The predicted molar refractivity (Wildman–Crippen MR) is 91.3 cm³/mol. The molecule has 5 nitrogen and oxygen atoms in total. The number of hydrogen-bond donors (Lipinski definition) is 2. The van der Waals surface area contributed by atoms with Gasteiger partial charge in [0.25, 0.3) is 5.56 Å². The van der Waals surface area contributed by atoms with E-state index in [2.05, 4.69) is 10.3 Å². The summed E-state index contributed by atoms with van der Waals surface area (Å²) in [5.74, 6) is 0. The Kier molecular flexibility index (Phi) is 4.10. The molecule has 23 heavy (non-hydrogen) atoms. The molecule has 0 spiro atoms. The third-order valence-corrected chi connectivity index (χ3v) is 3.67. The van der Waals surface area contributed by atoms with Crippen LogP contribution in [0, 0.1) is 6.92 Å². The number of benzene rings is 2. The lowest BCUT2D eigenvalue weighted by atomic mass is 10.1. The lowest BCUT2D eigenvalue weighted by molar-refractivity contribution is 0.720. The van der Waals surface area contributed by atoms with Crippen molar-refractivity contribution in [1.82, 2.24) is 9.55 Å². The van der Waals surface area contributed by atoms with E-state index in [-0.39, 0.29) is 0 Å². The smallest absolute Gasteiger partial charge is 0.328 e. The molecule has 0 aliphatic rings. The topological polar surface area (TPSA) is 66.9 Å². The highest BCUT2D eigenvalue weighted by molar-refractivity contribution is 5.57. The minimum absolute atomic E-state index is 0.337. The summed E-state index contributed by atoms with van der Waals surface area (Å²) in [5, 5.41) is 3.04. The molecule has 0 fully saturated rings. The van der Waals surface area contributed by atoms with Gasteiger partial charge in [-0.05, 0) is 30.2 Å². The molecule has 0 aliphatic heterocycles. The zero-order chi connectivity index (χ0) is 16.2. The molecule has 0 unspecified atom stereocenters. The Labute approximate surface area is 133 Å². The average molecular weight is 307 g/mol. The van der Waals surface area contributed by atoms with Crippen molar-refractivity contribution in [1.29, 1.82) is 0 Å². The van der Waals surface area contributed by atoms with Gasteiger partial charge in [-0.2, -0.15) is 0 Å². The van der Waals surface area contributed by atoms with Gasteiger partial charge in [0.15, 0.2) is 0 Å². The fraction of sp³-hybridized carbons (Fsp3) is 0.111. The number of anilines is 2. The molecule has 0 saturated carbocycles. The molecule has 3 rings (SSSR count). The van der Waals surface area contributed by atoms with Crippen molar-refractivity contribution in [2.75, 3.05) is 5.32 Å². The SMILES string of the molecule is Cc1ccccc1Cn1cc(Nc2ccccc2)c(=O)[nH]c1=O. The molecule has 1 aromatic heterocycles. The molecule has 2 aromatic carbocycles. The summed E-state index contributed by atoms with van der Waals surface area (Å²) < 4.78 is 1.50. The molecule has 5 heteroatoms. The number of hydrogen-bond acceptors (Lipinski definition) is 3. The van der Waals surface area contributed by atoms with E-state index in [0.717, 1.165) is 16.8 Å². The van der Waals surface area contributed by atoms with Crippen molar-refractivity contribution < 1.29 is 0 Å². The van der Waals surface area contributed by atoms with Crippen molar-refractivity contribution in [3.8, 4) is 0 Å². The summed E-state index contributed by atoms with van der Waals surface area (Å²) in [6, 6.07) is 17.2. The van der Waals surface area contributed by atoms with E-state index < -0.39 is 11.2 Å². The Morgan fingerprint density at radius 1 is 1.00 bits per heavy atom. The molecule has 3 aromatic rings. The highest BCUT2D eigenvalue weighted by Gasteiger charge is 2.07. The lowest BCUT2D eigenvalue weighted by Crippen LogP contribution is -2.31. The fourth-order valence-corrected chi connectivity index (χ4v) is 2.36. The third-order valence-electron chi connectivity index (χ3n) is 3.67. The van der Waals surface area contributed by atoms with Crippen molar-refractivity contribution in [2.45, 2.75) is 13.5 Å². The largest absolute Gasteiger partial charge is 0.350 e. The first kappa shape index (κ1) is 14.8. The molecule has 0 aliphatic carbocycles. The van der Waals surface area contributed by atoms with Gasteiger partial charge in [-0.15, -0.1) is 0 Å². The number of nitrogens with one attached hydrogen (secondary N) is 2. The van der Waals surface area contributed by atoms with Gasteiger partial charge in [-0.3, -0.25) is 14.3 Å². The molecule has 116 valence electrons. The molecule has 0 amide bonds. The van der Waals surface area contributed by atoms with Crippen LogP contribution in [0.3, 0.4) is 0 Å². The molecule has 0 saturated heterocycles. The zero-order valence-corrected chi connectivity index (χ0v) is 12.7. The van der Waals surface area contributed by atoms with Gasteiger partial charge in [0.2, 0.25) is 0 Å². The van der Waals surface area contributed by atoms with Crippen LogP contribution in [-0.4, -0.2) is 9.55 Å². The highest BCUT2D eigenvalue weighted by atomic mass is 16.2. The first-order chi connectivity index (χ1) is 11.1. The van der Waals surface area contributed by atoms with Crippen molar-refractivity contribution >= 4 is 11.4 Å². The second-order valence-corrected chi connectivity index (χ2v) is 5.35. The van der Waals surface area contributed by atoms with Crippen LogP contribution in [0.25, 0.3) is 0 Å². The molecular weight excluding hydrogens is 290 g/mol. The van der Waals surface area contributed by atoms with Gasteiger partial charge >= 0.3 is 5.69 Å². The number of H-pyrrole nitrogens is 1. The van der Waals surface area contributed by atoms with Gasteiger partial charge in [-0.25, -0.2) is 4.79 Å². The van der Waals surface area contributed by atoms with Crippen LogP contribution in [-0.2, 0) is 6.54 Å². The number of aromatic amines is 1. The summed E-state index contributed by atoms with van der Waals surface area (Å²) in [5.41, 5.74) is 2.41. The maximum absolute atomic E-state index is 12.0. The summed E-state index contributed by atoms with van der Waals surface area (Å²) in [7, 11) is 0. The van der Waals surface area contributed by atoms with E-state index in [9.17, 15) is 9.59 Å². The summed E-state index contributed by atoms with van der Waals surface area (Å²) >= 11 is 0.